The quantitative estimate of drug-likeness (QED) is 0.456. The van der Waals surface area contributed by atoms with Crippen molar-refractivity contribution in [3.8, 4) is 0 Å². The Bertz CT molecular complexity index is 1110. The number of thiazole rings is 1. The molecule has 7 nitrogen and oxygen atoms in total. The van der Waals surface area contributed by atoms with Crippen molar-refractivity contribution >= 4 is 56.1 Å². The van der Waals surface area contributed by atoms with Gasteiger partial charge in [-0.2, -0.15) is 0 Å². The van der Waals surface area contributed by atoms with Crippen LogP contribution < -0.4 is 10.6 Å². The third-order valence-corrected chi connectivity index (χ3v) is 5.68. The number of carbonyl (C=O) groups excluding carboxylic acids is 2. The first-order chi connectivity index (χ1) is 14.2. The Morgan fingerprint density at radius 1 is 0.897 bits per heavy atom. The number of amides is 2. The molecule has 0 saturated heterocycles. The summed E-state index contributed by atoms with van der Waals surface area (Å²) in [6.07, 6.45) is 0. The number of benzene rings is 2. The van der Waals surface area contributed by atoms with Gasteiger partial charge in [-0.3, -0.25) is 9.59 Å². The Balaban J connectivity index is 1.29. The van der Waals surface area contributed by atoms with Crippen LogP contribution in [0.15, 0.2) is 71.8 Å². The maximum Gasteiger partial charge on any atom is 0.256 e. The van der Waals surface area contributed by atoms with E-state index < -0.39 is 0 Å². The van der Waals surface area contributed by atoms with Crippen LogP contribution >= 0.6 is 23.1 Å². The molecule has 0 radical (unpaired) electrons. The van der Waals surface area contributed by atoms with E-state index in [1.807, 2.05) is 30.3 Å². The highest BCUT2D eigenvalue weighted by atomic mass is 32.2. The maximum atomic E-state index is 12.2. The van der Waals surface area contributed by atoms with Gasteiger partial charge in [0.15, 0.2) is 10.9 Å². The van der Waals surface area contributed by atoms with Gasteiger partial charge in [-0.1, -0.05) is 53.4 Å². The van der Waals surface area contributed by atoms with Gasteiger partial charge in [-0.25, -0.2) is 4.98 Å². The van der Waals surface area contributed by atoms with Gasteiger partial charge in [0.2, 0.25) is 5.91 Å². The van der Waals surface area contributed by atoms with Gasteiger partial charge in [-0.05, 0) is 36.4 Å². The maximum absolute atomic E-state index is 12.2. The molecule has 2 aromatic heterocycles. The first-order valence-electron chi connectivity index (χ1n) is 8.66. The van der Waals surface area contributed by atoms with Crippen molar-refractivity contribution in [3.05, 3.63) is 72.3 Å². The van der Waals surface area contributed by atoms with Gasteiger partial charge in [0.1, 0.15) is 5.03 Å². The van der Waals surface area contributed by atoms with E-state index in [0.29, 0.717) is 21.5 Å². The molecule has 2 N–H and O–H groups in total. The van der Waals surface area contributed by atoms with Crippen LogP contribution in [0.3, 0.4) is 0 Å². The predicted octanol–water partition coefficient (Wildman–Crippen LogP) is 4.07. The summed E-state index contributed by atoms with van der Waals surface area (Å²) in [5.41, 5.74) is 1.40. The van der Waals surface area contributed by atoms with E-state index in [1.54, 1.807) is 36.4 Å². The molecule has 0 bridgehead atoms. The smallest absolute Gasteiger partial charge is 0.256 e. The molecule has 0 spiro atoms. The fourth-order valence-corrected chi connectivity index (χ4v) is 3.96. The summed E-state index contributed by atoms with van der Waals surface area (Å²) in [6.45, 7) is 0. The van der Waals surface area contributed by atoms with E-state index in [4.69, 9.17) is 0 Å². The van der Waals surface area contributed by atoms with Crippen LogP contribution in [0.5, 0.6) is 0 Å². The lowest BCUT2D eigenvalue weighted by atomic mass is 10.2. The lowest BCUT2D eigenvalue weighted by Gasteiger charge is -2.05. The Hall–Kier alpha value is -3.30. The van der Waals surface area contributed by atoms with E-state index in [2.05, 4.69) is 25.8 Å². The Morgan fingerprint density at radius 3 is 2.45 bits per heavy atom. The van der Waals surface area contributed by atoms with E-state index >= 15 is 0 Å². The SMILES string of the molecule is O=C(CSc1ccc(NC(=O)c2ccccc2)nn1)Nc1nc2ccccc2s1. The summed E-state index contributed by atoms with van der Waals surface area (Å²) < 4.78 is 1.02. The first kappa shape index (κ1) is 19.0. The van der Waals surface area contributed by atoms with Crippen LogP contribution in [0, 0.1) is 0 Å². The fraction of sp³-hybridized carbons (Fsp3) is 0.0500. The summed E-state index contributed by atoms with van der Waals surface area (Å²) >= 11 is 2.69. The van der Waals surface area contributed by atoms with Crippen molar-refractivity contribution in [3.63, 3.8) is 0 Å². The minimum Gasteiger partial charge on any atom is -0.305 e. The third kappa shape index (κ3) is 4.95. The van der Waals surface area contributed by atoms with Gasteiger partial charge in [0, 0.05) is 5.56 Å². The standard InChI is InChI=1S/C20H15N5O2S2/c26-17(23-20-21-14-8-4-5-9-15(14)29-20)12-28-18-11-10-16(24-25-18)22-19(27)13-6-2-1-3-7-13/h1-11H,12H2,(H,21,23,26)(H,22,24,27). The molecule has 0 fully saturated rings. The van der Waals surface area contributed by atoms with Crippen LogP contribution in [0.1, 0.15) is 10.4 Å². The van der Waals surface area contributed by atoms with Gasteiger partial charge < -0.3 is 10.6 Å². The van der Waals surface area contributed by atoms with E-state index in [1.165, 1.54) is 23.1 Å². The molecular weight excluding hydrogens is 406 g/mol. The summed E-state index contributed by atoms with van der Waals surface area (Å²) in [4.78, 5) is 28.7. The van der Waals surface area contributed by atoms with E-state index in [0.717, 1.165) is 10.2 Å². The minimum absolute atomic E-state index is 0.169. The van der Waals surface area contributed by atoms with Crippen molar-refractivity contribution in [2.24, 2.45) is 0 Å². The summed E-state index contributed by atoms with van der Waals surface area (Å²) in [7, 11) is 0. The Kier molecular flexibility index (Phi) is 5.78. The monoisotopic (exact) mass is 421 g/mol. The van der Waals surface area contributed by atoms with Crippen LogP contribution in [0.25, 0.3) is 10.2 Å². The summed E-state index contributed by atoms with van der Waals surface area (Å²) in [6, 6.07) is 19.9. The number of fused-ring (bicyclic) bond motifs is 1. The number of anilines is 2. The second-order valence-electron chi connectivity index (χ2n) is 5.90. The molecule has 2 aromatic carbocycles. The first-order valence-corrected chi connectivity index (χ1v) is 10.5. The number of aromatic nitrogens is 3. The number of carbonyl (C=O) groups is 2. The number of nitrogens with zero attached hydrogens (tertiary/aromatic N) is 3. The highest BCUT2D eigenvalue weighted by molar-refractivity contribution is 7.99. The van der Waals surface area contributed by atoms with Gasteiger partial charge >= 0.3 is 0 Å². The number of nitrogens with one attached hydrogen (secondary N) is 2. The molecule has 2 heterocycles. The highest BCUT2D eigenvalue weighted by Gasteiger charge is 2.10. The summed E-state index contributed by atoms with van der Waals surface area (Å²) in [5, 5.41) is 14.7. The van der Waals surface area contributed by atoms with Crippen molar-refractivity contribution in [1.82, 2.24) is 15.2 Å². The minimum atomic E-state index is -0.254. The molecule has 0 aliphatic heterocycles. The lowest BCUT2D eigenvalue weighted by molar-refractivity contribution is -0.113. The topological polar surface area (TPSA) is 96.9 Å². The Labute approximate surface area is 174 Å². The van der Waals surface area contributed by atoms with E-state index in [9.17, 15) is 9.59 Å². The molecule has 0 atom stereocenters. The average molecular weight is 422 g/mol. The zero-order chi connectivity index (χ0) is 20.1. The molecule has 29 heavy (non-hydrogen) atoms. The Morgan fingerprint density at radius 2 is 1.69 bits per heavy atom. The van der Waals surface area contributed by atoms with Crippen molar-refractivity contribution < 1.29 is 9.59 Å². The van der Waals surface area contributed by atoms with Crippen LogP contribution in [0.4, 0.5) is 10.9 Å². The molecule has 0 saturated carbocycles. The van der Waals surface area contributed by atoms with Gasteiger partial charge in [0.25, 0.3) is 5.91 Å². The second-order valence-corrected chi connectivity index (χ2v) is 7.93. The third-order valence-electron chi connectivity index (χ3n) is 3.81. The fourth-order valence-electron chi connectivity index (χ4n) is 2.46. The van der Waals surface area contributed by atoms with E-state index in [-0.39, 0.29) is 17.6 Å². The van der Waals surface area contributed by atoms with Crippen LogP contribution in [-0.4, -0.2) is 32.7 Å². The van der Waals surface area contributed by atoms with Crippen molar-refractivity contribution in [2.75, 3.05) is 16.4 Å². The molecule has 0 aliphatic rings. The molecule has 2 amide bonds. The number of hydrogen-bond acceptors (Lipinski definition) is 7. The number of thioether (sulfide) groups is 1. The van der Waals surface area contributed by atoms with Crippen LogP contribution in [0.2, 0.25) is 0 Å². The molecule has 4 aromatic rings. The lowest BCUT2D eigenvalue weighted by Crippen LogP contribution is -2.14. The second kappa shape index (κ2) is 8.80. The zero-order valence-corrected chi connectivity index (χ0v) is 16.7. The van der Waals surface area contributed by atoms with Gasteiger partial charge in [-0.15, -0.1) is 10.2 Å². The number of rotatable bonds is 6. The predicted molar refractivity (Wildman–Crippen MR) is 115 cm³/mol. The van der Waals surface area contributed by atoms with Crippen LogP contribution in [-0.2, 0) is 4.79 Å². The van der Waals surface area contributed by atoms with Crippen molar-refractivity contribution in [2.45, 2.75) is 5.03 Å². The average Bonchev–Trinajstić information content (AvgIpc) is 3.16. The molecule has 9 heteroatoms. The van der Waals surface area contributed by atoms with Crippen molar-refractivity contribution in [1.29, 1.82) is 0 Å². The molecule has 144 valence electrons. The molecule has 4 rings (SSSR count). The molecule has 0 unspecified atom stereocenters. The molecule has 0 aliphatic carbocycles. The highest BCUT2D eigenvalue weighted by Crippen LogP contribution is 2.25. The number of hydrogen-bond donors (Lipinski definition) is 2. The zero-order valence-electron chi connectivity index (χ0n) is 15.0. The number of para-hydroxylation sites is 1. The van der Waals surface area contributed by atoms with Gasteiger partial charge in [0.05, 0.1) is 16.0 Å². The molecular formula is C20H15N5O2S2. The summed E-state index contributed by atoms with van der Waals surface area (Å²) in [5.74, 6) is 0.107. The normalized spacial score (nSPS) is 10.6. The largest absolute Gasteiger partial charge is 0.305 e.